The lowest BCUT2D eigenvalue weighted by atomic mass is 9.74. The molecule has 3 fully saturated rings. The van der Waals surface area contributed by atoms with Gasteiger partial charge in [-0.1, -0.05) is 12.1 Å². The maximum absolute atomic E-state index is 5.70. The zero-order valence-electron chi connectivity index (χ0n) is 18.4. The predicted octanol–water partition coefficient (Wildman–Crippen LogP) is 1.73. The lowest BCUT2D eigenvalue weighted by Crippen LogP contribution is -2.50. The second-order valence-electron chi connectivity index (χ2n) is 8.56. The first kappa shape index (κ1) is 21.4. The topological polar surface area (TPSA) is 58.6 Å². The van der Waals surface area contributed by atoms with E-state index >= 15 is 0 Å². The van der Waals surface area contributed by atoms with Crippen LogP contribution in [0.5, 0.6) is 5.75 Å². The third kappa shape index (κ3) is 4.74. The molecule has 3 saturated heterocycles. The first-order chi connectivity index (χ1) is 14.7. The molecule has 0 aliphatic carbocycles. The SMILES string of the molecule is CN=C(NCC1(c2ccc(OC)cc2)CCOCC1)N1CCC(N2CCOCC2)C1. The van der Waals surface area contributed by atoms with Gasteiger partial charge in [0, 0.05) is 64.4 Å². The number of benzene rings is 1. The Morgan fingerprint density at radius 1 is 1.10 bits per heavy atom. The molecule has 3 aliphatic rings. The van der Waals surface area contributed by atoms with E-state index in [1.54, 1.807) is 7.11 Å². The first-order valence-electron chi connectivity index (χ1n) is 11.2. The van der Waals surface area contributed by atoms with Gasteiger partial charge in [0.1, 0.15) is 5.75 Å². The fraction of sp³-hybridized carbons (Fsp3) is 0.696. The maximum Gasteiger partial charge on any atom is 0.193 e. The van der Waals surface area contributed by atoms with Crippen molar-refractivity contribution < 1.29 is 14.2 Å². The first-order valence-corrected chi connectivity index (χ1v) is 11.2. The Kier molecular flexibility index (Phi) is 7.12. The zero-order chi connectivity index (χ0) is 20.8. The molecule has 0 radical (unpaired) electrons. The summed E-state index contributed by atoms with van der Waals surface area (Å²) in [4.78, 5) is 9.62. The molecule has 3 heterocycles. The molecule has 0 spiro atoms. The van der Waals surface area contributed by atoms with Crippen LogP contribution in [0.15, 0.2) is 29.3 Å². The summed E-state index contributed by atoms with van der Waals surface area (Å²) in [7, 11) is 3.61. The standard InChI is InChI=1S/C23H36N4O3/c1-24-22(27-10-7-20(17-27)26-11-15-30-16-12-26)25-18-23(8-13-29-14-9-23)19-3-5-21(28-2)6-4-19/h3-6,20H,7-18H2,1-2H3,(H,24,25). The van der Waals surface area contributed by atoms with Crippen molar-refractivity contribution in [2.24, 2.45) is 4.99 Å². The van der Waals surface area contributed by atoms with E-state index in [1.165, 1.54) is 12.0 Å². The number of aliphatic imine (C=N–C) groups is 1. The molecule has 0 aromatic heterocycles. The van der Waals surface area contributed by atoms with Gasteiger partial charge in [-0.05, 0) is 37.0 Å². The van der Waals surface area contributed by atoms with Crippen molar-refractivity contribution in [3.05, 3.63) is 29.8 Å². The Balaban J connectivity index is 1.40. The molecule has 1 atom stereocenters. The fourth-order valence-corrected chi connectivity index (χ4v) is 5.03. The van der Waals surface area contributed by atoms with Crippen molar-refractivity contribution in [3.8, 4) is 5.75 Å². The second-order valence-corrected chi connectivity index (χ2v) is 8.56. The molecule has 0 bridgehead atoms. The Labute approximate surface area is 180 Å². The highest BCUT2D eigenvalue weighted by molar-refractivity contribution is 5.80. The van der Waals surface area contributed by atoms with Gasteiger partial charge < -0.3 is 24.4 Å². The monoisotopic (exact) mass is 416 g/mol. The molecule has 0 saturated carbocycles. The van der Waals surface area contributed by atoms with Crippen LogP contribution in [-0.2, 0) is 14.9 Å². The number of likely N-dealkylation sites (tertiary alicyclic amines) is 1. The van der Waals surface area contributed by atoms with Crippen LogP contribution in [-0.4, -0.2) is 95.1 Å². The molecule has 3 aliphatic heterocycles. The summed E-state index contributed by atoms with van der Waals surface area (Å²) in [6.07, 6.45) is 3.22. The van der Waals surface area contributed by atoms with Crippen molar-refractivity contribution >= 4 is 5.96 Å². The normalized spacial score (nSPS) is 25.3. The minimum atomic E-state index is 0.0593. The van der Waals surface area contributed by atoms with Crippen molar-refractivity contribution in [3.63, 3.8) is 0 Å². The quantitative estimate of drug-likeness (QED) is 0.583. The smallest absolute Gasteiger partial charge is 0.193 e. The van der Waals surface area contributed by atoms with E-state index < -0.39 is 0 Å². The molecule has 7 nitrogen and oxygen atoms in total. The van der Waals surface area contributed by atoms with E-state index in [9.17, 15) is 0 Å². The van der Waals surface area contributed by atoms with Gasteiger partial charge in [0.25, 0.3) is 0 Å². The van der Waals surface area contributed by atoms with Crippen LogP contribution in [0.25, 0.3) is 0 Å². The van der Waals surface area contributed by atoms with Crippen LogP contribution in [0, 0.1) is 0 Å². The number of rotatable bonds is 5. The van der Waals surface area contributed by atoms with Crippen LogP contribution >= 0.6 is 0 Å². The molecule has 1 N–H and O–H groups in total. The second kappa shape index (κ2) is 9.98. The summed E-state index contributed by atoms with van der Waals surface area (Å²) in [5.74, 6) is 1.92. The zero-order valence-corrected chi connectivity index (χ0v) is 18.4. The predicted molar refractivity (Wildman–Crippen MR) is 118 cm³/mol. The largest absolute Gasteiger partial charge is 0.497 e. The number of hydrogen-bond donors (Lipinski definition) is 1. The van der Waals surface area contributed by atoms with Crippen molar-refractivity contribution in [2.45, 2.75) is 30.7 Å². The fourth-order valence-electron chi connectivity index (χ4n) is 5.03. The Morgan fingerprint density at radius 2 is 1.80 bits per heavy atom. The number of nitrogens with zero attached hydrogens (tertiary/aromatic N) is 3. The average Bonchev–Trinajstić information content (AvgIpc) is 3.31. The minimum absolute atomic E-state index is 0.0593. The lowest BCUT2D eigenvalue weighted by molar-refractivity contribution is 0.0194. The summed E-state index contributed by atoms with van der Waals surface area (Å²) < 4.78 is 16.6. The molecule has 0 amide bonds. The molecule has 4 rings (SSSR count). The number of nitrogens with one attached hydrogen (secondary N) is 1. The number of ether oxygens (including phenoxy) is 3. The van der Waals surface area contributed by atoms with Crippen LogP contribution in [0.4, 0.5) is 0 Å². The van der Waals surface area contributed by atoms with Gasteiger partial charge in [0.05, 0.1) is 20.3 Å². The molecule has 1 unspecified atom stereocenters. The summed E-state index contributed by atoms with van der Waals surface area (Å²) in [6, 6.07) is 9.15. The Hall–Kier alpha value is -1.83. The van der Waals surface area contributed by atoms with Crippen LogP contribution in [0.2, 0.25) is 0 Å². The van der Waals surface area contributed by atoms with Gasteiger partial charge in [0.2, 0.25) is 0 Å². The summed E-state index contributed by atoms with van der Waals surface area (Å²) in [5, 5.41) is 3.72. The third-order valence-corrected chi connectivity index (χ3v) is 6.97. The van der Waals surface area contributed by atoms with E-state index in [-0.39, 0.29) is 5.41 Å². The molecule has 7 heteroatoms. The maximum atomic E-state index is 5.70. The number of guanidine groups is 1. The van der Waals surface area contributed by atoms with Gasteiger partial charge in [-0.25, -0.2) is 0 Å². The van der Waals surface area contributed by atoms with Gasteiger partial charge in [-0.15, -0.1) is 0 Å². The average molecular weight is 417 g/mol. The van der Waals surface area contributed by atoms with Crippen LogP contribution in [0.1, 0.15) is 24.8 Å². The van der Waals surface area contributed by atoms with E-state index in [2.05, 4.69) is 44.4 Å². The minimum Gasteiger partial charge on any atom is -0.497 e. The highest BCUT2D eigenvalue weighted by Crippen LogP contribution is 2.35. The third-order valence-electron chi connectivity index (χ3n) is 6.97. The van der Waals surface area contributed by atoms with Gasteiger partial charge in [-0.3, -0.25) is 9.89 Å². The number of morpholine rings is 1. The van der Waals surface area contributed by atoms with Gasteiger partial charge in [0.15, 0.2) is 5.96 Å². The van der Waals surface area contributed by atoms with Gasteiger partial charge in [-0.2, -0.15) is 0 Å². The lowest BCUT2D eigenvalue weighted by Gasteiger charge is -2.39. The van der Waals surface area contributed by atoms with E-state index in [0.717, 1.165) is 83.7 Å². The van der Waals surface area contributed by atoms with Crippen LogP contribution in [0.3, 0.4) is 0 Å². The Bertz CT molecular complexity index is 697. The molecular formula is C23H36N4O3. The molecule has 1 aromatic carbocycles. The molecule has 166 valence electrons. The summed E-state index contributed by atoms with van der Waals surface area (Å²) in [5.41, 5.74) is 1.41. The summed E-state index contributed by atoms with van der Waals surface area (Å²) in [6.45, 7) is 8.37. The number of methoxy groups -OCH3 is 1. The molecular weight excluding hydrogens is 380 g/mol. The molecule has 1 aromatic rings. The van der Waals surface area contributed by atoms with Crippen molar-refractivity contribution in [2.75, 3.05) is 73.3 Å². The summed E-state index contributed by atoms with van der Waals surface area (Å²) >= 11 is 0. The molecule has 30 heavy (non-hydrogen) atoms. The highest BCUT2D eigenvalue weighted by Gasteiger charge is 2.36. The highest BCUT2D eigenvalue weighted by atomic mass is 16.5. The number of hydrogen-bond acceptors (Lipinski definition) is 5. The van der Waals surface area contributed by atoms with Crippen molar-refractivity contribution in [1.29, 1.82) is 0 Å². The Morgan fingerprint density at radius 3 is 2.47 bits per heavy atom. The van der Waals surface area contributed by atoms with E-state index in [1.807, 2.05) is 7.05 Å². The van der Waals surface area contributed by atoms with E-state index in [4.69, 9.17) is 14.2 Å². The van der Waals surface area contributed by atoms with Gasteiger partial charge >= 0.3 is 0 Å². The van der Waals surface area contributed by atoms with Crippen molar-refractivity contribution in [1.82, 2.24) is 15.1 Å². The van der Waals surface area contributed by atoms with Crippen LogP contribution < -0.4 is 10.1 Å². The van der Waals surface area contributed by atoms with E-state index in [0.29, 0.717) is 6.04 Å².